The molecule has 3 aromatic rings. The zero-order valence-electron chi connectivity index (χ0n) is 11.1. The maximum Gasteiger partial charge on any atom is 0.264 e. The van der Waals surface area contributed by atoms with Gasteiger partial charge in [0.25, 0.3) is 5.56 Å². The number of fused-ring (bicyclic) bond motifs is 1. The third-order valence-corrected chi connectivity index (χ3v) is 3.34. The molecule has 0 aliphatic carbocycles. The van der Waals surface area contributed by atoms with Crippen molar-refractivity contribution in [2.75, 3.05) is 5.73 Å². The smallest absolute Gasteiger partial charge is 0.264 e. The average molecular weight is 279 g/mol. The molecule has 0 saturated carbocycles. The van der Waals surface area contributed by atoms with E-state index >= 15 is 0 Å². The van der Waals surface area contributed by atoms with Crippen LogP contribution in [-0.2, 0) is 0 Å². The van der Waals surface area contributed by atoms with E-state index in [1.54, 1.807) is 42.5 Å². The Kier molecular flexibility index (Phi) is 2.95. The number of nitrogens with zero attached hydrogens (tertiary/aromatic N) is 1. The number of carbonyl (C=O) groups excluding carboxylic acids is 1. The van der Waals surface area contributed by atoms with Crippen LogP contribution in [0.4, 0.5) is 5.82 Å². The van der Waals surface area contributed by atoms with Gasteiger partial charge < -0.3 is 11.5 Å². The van der Waals surface area contributed by atoms with Gasteiger partial charge in [0.2, 0.25) is 5.91 Å². The minimum atomic E-state index is -0.552. The number of amides is 1. The van der Waals surface area contributed by atoms with E-state index in [-0.39, 0.29) is 5.56 Å². The second kappa shape index (κ2) is 4.79. The number of primary amides is 1. The summed E-state index contributed by atoms with van der Waals surface area (Å²) < 4.78 is 1.37. The predicted molar refractivity (Wildman–Crippen MR) is 82.5 cm³/mol. The quantitative estimate of drug-likeness (QED) is 0.747. The van der Waals surface area contributed by atoms with E-state index in [1.807, 2.05) is 12.1 Å². The van der Waals surface area contributed by atoms with Crippen molar-refractivity contribution in [1.82, 2.24) is 4.57 Å². The van der Waals surface area contributed by atoms with Gasteiger partial charge in [-0.05, 0) is 35.7 Å². The van der Waals surface area contributed by atoms with Crippen LogP contribution in [0, 0.1) is 0 Å². The second-order valence-corrected chi connectivity index (χ2v) is 4.71. The summed E-state index contributed by atoms with van der Waals surface area (Å²) in [7, 11) is 0. The molecule has 0 saturated heterocycles. The molecule has 0 bridgehead atoms. The van der Waals surface area contributed by atoms with E-state index in [9.17, 15) is 9.59 Å². The lowest BCUT2D eigenvalue weighted by Gasteiger charge is -2.12. The highest BCUT2D eigenvalue weighted by Crippen LogP contribution is 2.18. The summed E-state index contributed by atoms with van der Waals surface area (Å²) in [5, 5.41) is 1.35. The Bertz CT molecular complexity index is 913. The lowest BCUT2D eigenvalue weighted by molar-refractivity contribution is 0.100. The molecule has 3 rings (SSSR count). The van der Waals surface area contributed by atoms with Crippen molar-refractivity contribution >= 4 is 22.5 Å². The molecular formula is C16H13N3O2. The Morgan fingerprint density at radius 1 is 1.00 bits per heavy atom. The number of carbonyl (C=O) groups is 1. The van der Waals surface area contributed by atoms with E-state index in [1.165, 1.54) is 4.57 Å². The van der Waals surface area contributed by atoms with Crippen molar-refractivity contribution in [2.45, 2.75) is 0 Å². The van der Waals surface area contributed by atoms with E-state index in [0.29, 0.717) is 22.5 Å². The van der Waals surface area contributed by atoms with Gasteiger partial charge in [0, 0.05) is 10.9 Å². The molecule has 1 aromatic heterocycles. The molecule has 5 heteroatoms. The van der Waals surface area contributed by atoms with Crippen LogP contribution < -0.4 is 17.0 Å². The highest BCUT2D eigenvalue weighted by molar-refractivity contribution is 5.93. The fourth-order valence-electron chi connectivity index (χ4n) is 2.34. The number of hydrogen-bond donors (Lipinski definition) is 2. The minimum absolute atomic E-state index is 0.229. The van der Waals surface area contributed by atoms with Gasteiger partial charge in [-0.3, -0.25) is 14.2 Å². The number of aromatic nitrogens is 1. The molecule has 1 amide bonds. The average Bonchev–Trinajstić information content (AvgIpc) is 2.47. The number of anilines is 1. The van der Waals surface area contributed by atoms with Crippen LogP contribution >= 0.6 is 0 Å². The Morgan fingerprint density at radius 3 is 2.52 bits per heavy atom. The summed E-state index contributed by atoms with van der Waals surface area (Å²) in [4.78, 5) is 23.9. The molecule has 2 aromatic carbocycles. The number of hydrogen-bond acceptors (Lipinski definition) is 3. The summed E-state index contributed by atoms with van der Waals surface area (Å²) in [6, 6.07) is 15.5. The van der Waals surface area contributed by atoms with E-state index in [0.717, 1.165) is 5.39 Å². The molecule has 21 heavy (non-hydrogen) atoms. The lowest BCUT2D eigenvalue weighted by Crippen LogP contribution is -2.22. The van der Waals surface area contributed by atoms with Crippen LogP contribution in [0.2, 0.25) is 0 Å². The van der Waals surface area contributed by atoms with E-state index < -0.39 is 5.91 Å². The van der Waals surface area contributed by atoms with Gasteiger partial charge in [-0.1, -0.05) is 24.3 Å². The molecule has 0 radical (unpaired) electrons. The lowest BCUT2D eigenvalue weighted by atomic mass is 10.1. The molecular weight excluding hydrogens is 266 g/mol. The Labute approximate surface area is 120 Å². The summed E-state index contributed by atoms with van der Waals surface area (Å²) in [5.41, 5.74) is 11.9. The van der Waals surface area contributed by atoms with Crippen molar-refractivity contribution in [3.8, 4) is 5.69 Å². The molecule has 0 fully saturated rings. The molecule has 0 spiro atoms. The van der Waals surface area contributed by atoms with E-state index in [2.05, 4.69) is 0 Å². The minimum Gasteiger partial charge on any atom is -0.385 e. The van der Waals surface area contributed by atoms with Gasteiger partial charge in [0.05, 0.1) is 5.69 Å². The monoisotopic (exact) mass is 279 g/mol. The first-order chi connectivity index (χ1) is 10.1. The highest BCUT2D eigenvalue weighted by atomic mass is 16.1. The van der Waals surface area contributed by atoms with Crippen molar-refractivity contribution in [1.29, 1.82) is 0 Å². The molecule has 0 aliphatic rings. The Hall–Kier alpha value is -3.08. The molecule has 0 aliphatic heterocycles. The number of rotatable bonds is 2. The van der Waals surface area contributed by atoms with Gasteiger partial charge in [0.1, 0.15) is 5.82 Å². The Balaban J connectivity index is 2.32. The van der Waals surface area contributed by atoms with Gasteiger partial charge in [-0.25, -0.2) is 0 Å². The first kappa shape index (κ1) is 12.9. The van der Waals surface area contributed by atoms with Gasteiger partial charge >= 0.3 is 0 Å². The molecule has 5 nitrogen and oxygen atoms in total. The Morgan fingerprint density at radius 2 is 1.76 bits per heavy atom. The molecule has 0 unspecified atom stereocenters. The fraction of sp³-hybridized carbons (Fsp3) is 0. The van der Waals surface area contributed by atoms with Crippen molar-refractivity contribution in [3.05, 3.63) is 70.5 Å². The fourth-order valence-corrected chi connectivity index (χ4v) is 2.34. The SMILES string of the molecule is NC(=O)c1cccc(-n2c(N)cc3ccccc3c2=O)c1. The standard InChI is InChI=1S/C16H13N3O2/c17-14-9-10-4-1-2-7-13(10)16(21)19(14)12-6-3-5-11(8-12)15(18)20/h1-9H,17H2,(H2,18,20). The maximum atomic E-state index is 12.6. The summed E-state index contributed by atoms with van der Waals surface area (Å²) in [5.74, 6) is -0.246. The summed E-state index contributed by atoms with van der Waals surface area (Å²) in [6.07, 6.45) is 0. The van der Waals surface area contributed by atoms with Crippen LogP contribution in [0.5, 0.6) is 0 Å². The summed E-state index contributed by atoms with van der Waals surface area (Å²) in [6.45, 7) is 0. The normalized spacial score (nSPS) is 10.7. The molecule has 1 heterocycles. The van der Waals surface area contributed by atoms with Crippen LogP contribution in [0.15, 0.2) is 59.4 Å². The number of nitrogens with two attached hydrogens (primary N) is 2. The van der Waals surface area contributed by atoms with E-state index in [4.69, 9.17) is 11.5 Å². The molecule has 104 valence electrons. The van der Waals surface area contributed by atoms with Crippen molar-refractivity contribution in [2.24, 2.45) is 5.73 Å². The number of benzene rings is 2. The van der Waals surface area contributed by atoms with Gasteiger partial charge in [-0.2, -0.15) is 0 Å². The molecule has 0 atom stereocenters. The first-order valence-electron chi connectivity index (χ1n) is 6.38. The highest BCUT2D eigenvalue weighted by Gasteiger charge is 2.10. The van der Waals surface area contributed by atoms with Crippen LogP contribution in [0.3, 0.4) is 0 Å². The second-order valence-electron chi connectivity index (χ2n) is 4.71. The van der Waals surface area contributed by atoms with Crippen LogP contribution in [0.1, 0.15) is 10.4 Å². The number of nitrogen functional groups attached to an aromatic ring is 1. The third kappa shape index (κ3) is 2.14. The van der Waals surface area contributed by atoms with Gasteiger partial charge in [-0.15, -0.1) is 0 Å². The number of pyridine rings is 1. The summed E-state index contributed by atoms with van der Waals surface area (Å²) >= 11 is 0. The molecule has 4 N–H and O–H groups in total. The van der Waals surface area contributed by atoms with Crippen molar-refractivity contribution < 1.29 is 4.79 Å². The van der Waals surface area contributed by atoms with Gasteiger partial charge in [0.15, 0.2) is 0 Å². The largest absolute Gasteiger partial charge is 0.385 e. The third-order valence-electron chi connectivity index (χ3n) is 3.34. The zero-order chi connectivity index (χ0) is 15.0. The van der Waals surface area contributed by atoms with Crippen LogP contribution in [0.25, 0.3) is 16.5 Å². The topological polar surface area (TPSA) is 91.1 Å². The maximum absolute atomic E-state index is 12.6. The van der Waals surface area contributed by atoms with Crippen molar-refractivity contribution in [3.63, 3.8) is 0 Å². The first-order valence-corrected chi connectivity index (χ1v) is 6.38. The predicted octanol–water partition coefficient (Wildman–Crippen LogP) is 1.67. The zero-order valence-corrected chi connectivity index (χ0v) is 11.1. The van der Waals surface area contributed by atoms with Crippen LogP contribution in [-0.4, -0.2) is 10.5 Å².